The molecule has 0 aromatic heterocycles. The van der Waals surface area contributed by atoms with E-state index in [1.54, 1.807) is 0 Å². The van der Waals surface area contributed by atoms with Gasteiger partial charge in [0.2, 0.25) is 0 Å². The van der Waals surface area contributed by atoms with Gasteiger partial charge in [-0.3, -0.25) is 0 Å². The minimum absolute atomic E-state index is 0.0985. The van der Waals surface area contributed by atoms with Crippen LogP contribution in [0.1, 0.15) is 37.3 Å². The van der Waals surface area contributed by atoms with E-state index in [2.05, 4.69) is 67.6 Å². The van der Waals surface area contributed by atoms with E-state index in [1.807, 2.05) is 7.11 Å². The van der Waals surface area contributed by atoms with E-state index in [0.29, 0.717) is 0 Å². The molecule has 0 unspecified atom stereocenters. The van der Waals surface area contributed by atoms with Crippen LogP contribution in [0.4, 0.5) is 0 Å². The van der Waals surface area contributed by atoms with Gasteiger partial charge in [-0.2, -0.15) is 0 Å². The van der Waals surface area contributed by atoms with Gasteiger partial charge in [0, 0.05) is 20.0 Å². The van der Waals surface area contributed by atoms with Crippen LogP contribution in [0, 0.1) is 0 Å². The van der Waals surface area contributed by atoms with E-state index in [-0.39, 0.29) is 5.60 Å². The first-order valence-electron chi connectivity index (χ1n) is 7.91. The van der Waals surface area contributed by atoms with Crippen LogP contribution in [0.2, 0.25) is 0 Å². The molecular formula is C20H26O. The molecule has 2 rings (SSSR count). The zero-order valence-electron chi connectivity index (χ0n) is 13.2. The maximum atomic E-state index is 6.05. The molecule has 112 valence electrons. The summed E-state index contributed by atoms with van der Waals surface area (Å²) in [5.41, 5.74) is 2.61. The molecule has 21 heavy (non-hydrogen) atoms. The highest BCUT2D eigenvalue weighted by atomic mass is 16.5. The molecular weight excluding hydrogens is 256 g/mol. The molecule has 2 aromatic rings. The van der Waals surface area contributed by atoms with Gasteiger partial charge in [-0.1, -0.05) is 80.4 Å². The molecule has 0 aliphatic carbocycles. The van der Waals surface area contributed by atoms with Crippen molar-refractivity contribution in [2.45, 2.75) is 44.6 Å². The topological polar surface area (TPSA) is 9.23 Å². The third-order valence-electron chi connectivity index (χ3n) is 4.16. The Bertz CT molecular complexity index is 462. The molecule has 0 amide bonds. The summed E-state index contributed by atoms with van der Waals surface area (Å²) in [5, 5.41) is 0. The van der Waals surface area contributed by atoms with Gasteiger partial charge in [0.1, 0.15) is 0 Å². The van der Waals surface area contributed by atoms with Crippen molar-refractivity contribution in [2.75, 3.05) is 7.11 Å². The molecule has 1 heteroatoms. The Kier molecular flexibility index (Phi) is 6.01. The van der Waals surface area contributed by atoms with Crippen LogP contribution in [0.3, 0.4) is 0 Å². The third-order valence-corrected chi connectivity index (χ3v) is 4.16. The lowest BCUT2D eigenvalue weighted by atomic mass is 9.83. The van der Waals surface area contributed by atoms with Gasteiger partial charge >= 0.3 is 0 Å². The minimum Gasteiger partial charge on any atom is -0.378 e. The van der Waals surface area contributed by atoms with Gasteiger partial charge in [-0.25, -0.2) is 0 Å². The van der Waals surface area contributed by atoms with Crippen LogP contribution < -0.4 is 0 Å². The van der Waals surface area contributed by atoms with E-state index in [1.165, 1.54) is 24.0 Å². The Morgan fingerprint density at radius 3 is 1.67 bits per heavy atom. The van der Waals surface area contributed by atoms with Gasteiger partial charge in [0.25, 0.3) is 0 Å². The SMILES string of the molecule is CCCCC(Cc1ccccc1)(Cc1ccccc1)OC. The normalized spacial score (nSPS) is 11.5. The monoisotopic (exact) mass is 282 g/mol. The van der Waals surface area contributed by atoms with Gasteiger partial charge in [-0.05, 0) is 17.5 Å². The van der Waals surface area contributed by atoms with E-state index in [0.717, 1.165) is 19.3 Å². The van der Waals surface area contributed by atoms with Crippen molar-refractivity contribution in [3.05, 3.63) is 71.8 Å². The zero-order chi connectivity index (χ0) is 15.0. The summed E-state index contributed by atoms with van der Waals surface area (Å²) in [7, 11) is 1.86. The Balaban J connectivity index is 2.20. The van der Waals surface area contributed by atoms with Crippen molar-refractivity contribution in [3.8, 4) is 0 Å². The summed E-state index contributed by atoms with van der Waals surface area (Å²) in [6.07, 6.45) is 5.45. The number of benzene rings is 2. The van der Waals surface area contributed by atoms with Crippen LogP contribution in [-0.2, 0) is 17.6 Å². The number of methoxy groups -OCH3 is 1. The number of rotatable bonds is 8. The lowest BCUT2D eigenvalue weighted by Crippen LogP contribution is -2.36. The summed E-state index contributed by atoms with van der Waals surface area (Å²) in [4.78, 5) is 0. The molecule has 1 nitrogen and oxygen atoms in total. The van der Waals surface area contributed by atoms with Crippen molar-refractivity contribution in [1.29, 1.82) is 0 Å². The first-order valence-corrected chi connectivity index (χ1v) is 7.91. The van der Waals surface area contributed by atoms with E-state index >= 15 is 0 Å². The first kappa shape index (κ1) is 15.8. The van der Waals surface area contributed by atoms with Crippen LogP contribution in [0.15, 0.2) is 60.7 Å². The van der Waals surface area contributed by atoms with Crippen molar-refractivity contribution in [3.63, 3.8) is 0 Å². The molecule has 0 saturated carbocycles. The second-order valence-corrected chi connectivity index (χ2v) is 5.82. The fourth-order valence-corrected chi connectivity index (χ4v) is 2.92. The van der Waals surface area contributed by atoms with E-state index in [4.69, 9.17) is 4.74 Å². The van der Waals surface area contributed by atoms with Crippen molar-refractivity contribution in [2.24, 2.45) is 0 Å². The average Bonchev–Trinajstić information content (AvgIpc) is 2.54. The predicted molar refractivity (Wildman–Crippen MR) is 89.6 cm³/mol. The van der Waals surface area contributed by atoms with Crippen LogP contribution >= 0.6 is 0 Å². The predicted octanol–water partition coefficient (Wildman–Crippen LogP) is 5.05. The molecule has 0 heterocycles. The maximum Gasteiger partial charge on any atom is 0.0759 e. The largest absolute Gasteiger partial charge is 0.378 e. The summed E-state index contributed by atoms with van der Waals surface area (Å²) in [6.45, 7) is 2.24. The third kappa shape index (κ3) is 4.71. The standard InChI is InChI=1S/C20H26O/c1-3-4-15-20(21-2,16-18-11-7-5-8-12-18)17-19-13-9-6-10-14-19/h5-14H,3-4,15-17H2,1-2H3. The summed E-state index contributed by atoms with van der Waals surface area (Å²) < 4.78 is 6.05. The number of ether oxygens (including phenoxy) is 1. The smallest absolute Gasteiger partial charge is 0.0759 e. The second kappa shape index (κ2) is 7.99. The van der Waals surface area contributed by atoms with Crippen LogP contribution in [0.5, 0.6) is 0 Å². The van der Waals surface area contributed by atoms with Gasteiger partial charge < -0.3 is 4.74 Å². The molecule has 0 aliphatic heterocycles. The molecule has 0 radical (unpaired) electrons. The highest BCUT2D eigenvalue weighted by Gasteiger charge is 2.29. The summed E-state index contributed by atoms with van der Waals surface area (Å²) in [6, 6.07) is 21.4. The fourth-order valence-electron chi connectivity index (χ4n) is 2.92. The summed E-state index contributed by atoms with van der Waals surface area (Å²) in [5.74, 6) is 0. The zero-order valence-corrected chi connectivity index (χ0v) is 13.2. The molecule has 0 spiro atoms. The number of hydrogen-bond donors (Lipinski definition) is 0. The maximum absolute atomic E-state index is 6.05. The average molecular weight is 282 g/mol. The Labute approximate surface area is 129 Å². The fraction of sp³-hybridized carbons (Fsp3) is 0.400. The van der Waals surface area contributed by atoms with Gasteiger partial charge in [0.05, 0.1) is 5.60 Å². The Morgan fingerprint density at radius 2 is 1.29 bits per heavy atom. The van der Waals surface area contributed by atoms with Gasteiger partial charge in [-0.15, -0.1) is 0 Å². The van der Waals surface area contributed by atoms with Crippen molar-refractivity contribution < 1.29 is 4.74 Å². The first-order chi connectivity index (χ1) is 10.3. The molecule has 0 saturated heterocycles. The van der Waals surface area contributed by atoms with Crippen molar-refractivity contribution in [1.82, 2.24) is 0 Å². The summed E-state index contributed by atoms with van der Waals surface area (Å²) >= 11 is 0. The molecule has 0 aliphatic rings. The van der Waals surface area contributed by atoms with E-state index < -0.39 is 0 Å². The molecule has 0 fully saturated rings. The highest BCUT2D eigenvalue weighted by molar-refractivity contribution is 5.21. The molecule has 0 N–H and O–H groups in total. The number of unbranched alkanes of at least 4 members (excludes halogenated alkanes) is 1. The molecule has 0 bridgehead atoms. The highest BCUT2D eigenvalue weighted by Crippen LogP contribution is 2.28. The van der Waals surface area contributed by atoms with Crippen LogP contribution in [0.25, 0.3) is 0 Å². The Hall–Kier alpha value is -1.60. The second-order valence-electron chi connectivity index (χ2n) is 5.82. The number of hydrogen-bond acceptors (Lipinski definition) is 1. The Morgan fingerprint density at radius 1 is 0.810 bits per heavy atom. The lowest BCUT2D eigenvalue weighted by molar-refractivity contribution is -0.0185. The molecule has 0 atom stereocenters. The molecule has 2 aromatic carbocycles. The minimum atomic E-state index is -0.0985. The van der Waals surface area contributed by atoms with Crippen LogP contribution in [-0.4, -0.2) is 12.7 Å². The lowest BCUT2D eigenvalue weighted by Gasteiger charge is -2.33. The van der Waals surface area contributed by atoms with Gasteiger partial charge in [0.15, 0.2) is 0 Å². The quantitative estimate of drug-likeness (QED) is 0.658. The van der Waals surface area contributed by atoms with E-state index in [9.17, 15) is 0 Å². The van der Waals surface area contributed by atoms with Crippen molar-refractivity contribution >= 4 is 0 Å².